The molecule has 7 nitrogen and oxygen atoms in total. The standard InChI is InChI=1S/C17H18N6OS/c1-10-8-25-16-15(10)18-9-19-17(16)23-6-11-4-22(5-12(11)7-23)13-2-3-14(24)21-20-13/h2-3,8-9,11-12H,4-7H2,1H3,(H,21,24). The highest BCUT2D eigenvalue weighted by atomic mass is 32.1. The molecule has 8 heteroatoms. The molecule has 0 bridgehead atoms. The number of nitrogens with one attached hydrogen (secondary N) is 1. The number of aromatic amines is 1. The monoisotopic (exact) mass is 354 g/mol. The third-order valence-corrected chi connectivity index (χ3v) is 6.37. The number of thiophene rings is 1. The van der Waals surface area contributed by atoms with Crippen molar-refractivity contribution in [3.63, 3.8) is 0 Å². The van der Waals surface area contributed by atoms with Crippen molar-refractivity contribution in [1.29, 1.82) is 0 Å². The number of aromatic nitrogens is 4. The summed E-state index contributed by atoms with van der Waals surface area (Å²) in [4.78, 5) is 24.9. The van der Waals surface area contributed by atoms with Crippen LogP contribution in [0.4, 0.5) is 11.6 Å². The van der Waals surface area contributed by atoms with E-state index in [2.05, 4.69) is 42.3 Å². The molecule has 2 aliphatic rings. The number of aryl methyl sites for hydroxylation is 1. The molecule has 0 amide bonds. The lowest BCUT2D eigenvalue weighted by molar-refractivity contribution is 0.533. The van der Waals surface area contributed by atoms with Gasteiger partial charge in [-0.2, -0.15) is 5.10 Å². The summed E-state index contributed by atoms with van der Waals surface area (Å²) in [5.74, 6) is 3.13. The van der Waals surface area contributed by atoms with Crippen molar-refractivity contribution in [3.8, 4) is 0 Å². The van der Waals surface area contributed by atoms with Crippen LogP contribution in [0.15, 0.2) is 28.6 Å². The fraction of sp³-hybridized carbons (Fsp3) is 0.412. The molecule has 3 aromatic heterocycles. The first-order valence-corrected chi connectivity index (χ1v) is 9.31. The molecule has 2 unspecified atom stereocenters. The van der Waals surface area contributed by atoms with Gasteiger partial charge in [-0.3, -0.25) is 4.79 Å². The number of hydrogen-bond acceptors (Lipinski definition) is 7. The first-order valence-electron chi connectivity index (χ1n) is 8.43. The Labute approximate surface area is 148 Å². The Morgan fingerprint density at radius 1 is 1.12 bits per heavy atom. The van der Waals surface area contributed by atoms with E-state index < -0.39 is 0 Å². The van der Waals surface area contributed by atoms with E-state index in [0.717, 1.165) is 43.3 Å². The summed E-state index contributed by atoms with van der Waals surface area (Å²) < 4.78 is 1.19. The zero-order chi connectivity index (χ0) is 17.0. The van der Waals surface area contributed by atoms with Gasteiger partial charge in [0.2, 0.25) is 0 Å². The molecule has 128 valence electrons. The lowest BCUT2D eigenvalue weighted by Gasteiger charge is -2.23. The van der Waals surface area contributed by atoms with E-state index in [1.165, 1.54) is 10.3 Å². The molecule has 3 aromatic rings. The number of hydrogen-bond donors (Lipinski definition) is 1. The van der Waals surface area contributed by atoms with Crippen LogP contribution >= 0.6 is 11.3 Å². The van der Waals surface area contributed by atoms with Crippen molar-refractivity contribution in [2.24, 2.45) is 11.8 Å². The van der Waals surface area contributed by atoms with Gasteiger partial charge in [0.1, 0.15) is 18.0 Å². The van der Waals surface area contributed by atoms with Crippen LogP contribution in [-0.4, -0.2) is 46.3 Å². The van der Waals surface area contributed by atoms with E-state index in [9.17, 15) is 4.79 Å². The topological polar surface area (TPSA) is 78.0 Å². The minimum Gasteiger partial charge on any atom is -0.355 e. The Morgan fingerprint density at radius 3 is 2.60 bits per heavy atom. The smallest absolute Gasteiger partial charge is 0.264 e. The molecular weight excluding hydrogens is 336 g/mol. The number of H-pyrrole nitrogens is 1. The van der Waals surface area contributed by atoms with Crippen LogP contribution in [0.5, 0.6) is 0 Å². The number of rotatable bonds is 2. The third kappa shape index (κ3) is 2.39. The van der Waals surface area contributed by atoms with E-state index in [-0.39, 0.29) is 5.56 Å². The predicted octanol–water partition coefficient (Wildman–Crippen LogP) is 1.66. The summed E-state index contributed by atoms with van der Waals surface area (Å²) in [7, 11) is 0. The highest BCUT2D eigenvalue weighted by molar-refractivity contribution is 7.18. The van der Waals surface area contributed by atoms with E-state index in [0.29, 0.717) is 11.8 Å². The lowest BCUT2D eigenvalue weighted by atomic mass is 10.0. The molecule has 2 atom stereocenters. The SMILES string of the molecule is Cc1csc2c(N3CC4CN(c5ccc(=O)[nH]n5)CC4C3)ncnc12. The maximum atomic E-state index is 11.2. The highest BCUT2D eigenvalue weighted by Crippen LogP contribution is 2.38. The summed E-state index contributed by atoms with van der Waals surface area (Å²) in [6, 6.07) is 3.35. The maximum Gasteiger partial charge on any atom is 0.264 e. The largest absolute Gasteiger partial charge is 0.355 e. The van der Waals surface area contributed by atoms with Crippen LogP contribution < -0.4 is 15.4 Å². The van der Waals surface area contributed by atoms with Crippen LogP contribution in [0.3, 0.4) is 0 Å². The molecule has 2 fully saturated rings. The second kappa shape index (κ2) is 5.52. The predicted molar refractivity (Wildman–Crippen MR) is 98.4 cm³/mol. The average Bonchev–Trinajstić information content (AvgIpc) is 3.29. The van der Waals surface area contributed by atoms with Gasteiger partial charge in [-0.25, -0.2) is 15.1 Å². The Balaban J connectivity index is 1.37. The quantitative estimate of drug-likeness (QED) is 0.754. The molecule has 0 spiro atoms. The second-order valence-electron chi connectivity index (χ2n) is 6.90. The van der Waals surface area contributed by atoms with Crippen molar-refractivity contribution < 1.29 is 0 Å². The zero-order valence-electron chi connectivity index (χ0n) is 13.8. The fourth-order valence-electron chi connectivity index (χ4n) is 4.05. The van der Waals surface area contributed by atoms with E-state index in [1.807, 2.05) is 0 Å². The van der Waals surface area contributed by atoms with Crippen molar-refractivity contribution in [2.75, 3.05) is 36.0 Å². The van der Waals surface area contributed by atoms with Gasteiger partial charge >= 0.3 is 0 Å². The zero-order valence-corrected chi connectivity index (χ0v) is 14.7. The molecule has 0 saturated carbocycles. The molecule has 1 N–H and O–H groups in total. The normalized spacial score (nSPS) is 22.8. The molecular formula is C17H18N6OS. The molecule has 5 heterocycles. The summed E-state index contributed by atoms with van der Waals surface area (Å²) in [6.45, 7) is 6.06. The molecule has 0 radical (unpaired) electrons. The molecule has 25 heavy (non-hydrogen) atoms. The van der Waals surface area contributed by atoms with Gasteiger partial charge in [0.05, 0.1) is 10.2 Å². The number of fused-ring (bicyclic) bond motifs is 2. The van der Waals surface area contributed by atoms with Gasteiger partial charge in [0, 0.05) is 44.1 Å². The first-order chi connectivity index (χ1) is 12.2. The van der Waals surface area contributed by atoms with Crippen LogP contribution in [-0.2, 0) is 0 Å². The lowest BCUT2D eigenvalue weighted by Crippen LogP contribution is -2.30. The van der Waals surface area contributed by atoms with Crippen LogP contribution in [0.1, 0.15) is 5.56 Å². The molecule has 2 saturated heterocycles. The van der Waals surface area contributed by atoms with Gasteiger partial charge < -0.3 is 9.80 Å². The van der Waals surface area contributed by atoms with Gasteiger partial charge in [-0.05, 0) is 23.9 Å². The van der Waals surface area contributed by atoms with E-state index in [1.54, 1.807) is 29.8 Å². The van der Waals surface area contributed by atoms with Crippen LogP contribution in [0.25, 0.3) is 10.2 Å². The van der Waals surface area contributed by atoms with Gasteiger partial charge in [0.15, 0.2) is 0 Å². The molecule has 0 aromatic carbocycles. The maximum absolute atomic E-state index is 11.2. The number of anilines is 2. The van der Waals surface area contributed by atoms with Crippen molar-refractivity contribution >= 4 is 33.2 Å². The Morgan fingerprint density at radius 2 is 1.88 bits per heavy atom. The van der Waals surface area contributed by atoms with Crippen molar-refractivity contribution in [1.82, 2.24) is 20.2 Å². The summed E-state index contributed by atoms with van der Waals surface area (Å²) in [5.41, 5.74) is 2.14. The van der Waals surface area contributed by atoms with Crippen LogP contribution in [0, 0.1) is 18.8 Å². The fourth-order valence-corrected chi connectivity index (χ4v) is 5.07. The van der Waals surface area contributed by atoms with Gasteiger partial charge in [-0.15, -0.1) is 11.3 Å². The molecule has 0 aliphatic carbocycles. The number of nitrogens with zero attached hydrogens (tertiary/aromatic N) is 5. The molecule has 2 aliphatic heterocycles. The molecule has 5 rings (SSSR count). The Bertz CT molecular complexity index is 964. The third-order valence-electron chi connectivity index (χ3n) is 5.29. The van der Waals surface area contributed by atoms with Crippen LogP contribution in [0.2, 0.25) is 0 Å². The Hall–Kier alpha value is -2.48. The van der Waals surface area contributed by atoms with Gasteiger partial charge in [0.25, 0.3) is 5.56 Å². The van der Waals surface area contributed by atoms with E-state index >= 15 is 0 Å². The van der Waals surface area contributed by atoms with Crippen molar-refractivity contribution in [3.05, 3.63) is 39.8 Å². The summed E-state index contributed by atoms with van der Waals surface area (Å²) >= 11 is 1.73. The first kappa shape index (κ1) is 14.8. The van der Waals surface area contributed by atoms with Gasteiger partial charge in [-0.1, -0.05) is 0 Å². The average molecular weight is 354 g/mol. The summed E-state index contributed by atoms with van der Waals surface area (Å²) in [6.07, 6.45) is 1.68. The Kier molecular flexibility index (Phi) is 3.27. The second-order valence-corrected chi connectivity index (χ2v) is 7.78. The minimum absolute atomic E-state index is 0.159. The van der Waals surface area contributed by atoms with E-state index in [4.69, 9.17) is 0 Å². The summed E-state index contributed by atoms with van der Waals surface area (Å²) in [5, 5.41) is 8.85. The highest BCUT2D eigenvalue weighted by Gasteiger charge is 2.41. The minimum atomic E-state index is -0.159. The van der Waals surface area contributed by atoms with Crippen molar-refractivity contribution in [2.45, 2.75) is 6.92 Å².